The molecular formula is C12H18N2O4. The van der Waals surface area contributed by atoms with Gasteiger partial charge >= 0.3 is 5.97 Å². The SMILES string of the molecule is COCCOC(=O)C1C(C)=NNC(C)=C1C(C)=O. The van der Waals surface area contributed by atoms with Gasteiger partial charge in [-0.05, 0) is 20.8 Å². The van der Waals surface area contributed by atoms with Gasteiger partial charge in [0.25, 0.3) is 0 Å². The van der Waals surface area contributed by atoms with Crippen molar-refractivity contribution in [1.82, 2.24) is 5.43 Å². The molecule has 0 spiro atoms. The largest absolute Gasteiger partial charge is 0.462 e. The number of ether oxygens (including phenoxy) is 2. The number of carbonyl (C=O) groups excluding carboxylic acids is 2. The predicted molar refractivity (Wildman–Crippen MR) is 66.0 cm³/mol. The third kappa shape index (κ3) is 3.16. The van der Waals surface area contributed by atoms with Gasteiger partial charge in [-0.25, -0.2) is 0 Å². The zero-order valence-electron chi connectivity index (χ0n) is 11.1. The molecule has 1 N–H and O–H groups in total. The number of ketones is 1. The lowest BCUT2D eigenvalue weighted by atomic mass is 9.89. The molecule has 0 aromatic carbocycles. The summed E-state index contributed by atoms with van der Waals surface area (Å²) >= 11 is 0. The first-order valence-corrected chi connectivity index (χ1v) is 5.66. The number of esters is 1. The van der Waals surface area contributed by atoms with Crippen molar-refractivity contribution in [3.63, 3.8) is 0 Å². The van der Waals surface area contributed by atoms with Crippen LogP contribution >= 0.6 is 0 Å². The number of hydrogen-bond acceptors (Lipinski definition) is 6. The highest BCUT2D eigenvalue weighted by atomic mass is 16.6. The molecular weight excluding hydrogens is 236 g/mol. The van der Waals surface area contributed by atoms with E-state index in [1.807, 2.05) is 0 Å². The van der Waals surface area contributed by atoms with Gasteiger partial charge in [0, 0.05) is 18.4 Å². The van der Waals surface area contributed by atoms with Crippen LogP contribution in [0, 0.1) is 5.92 Å². The zero-order chi connectivity index (χ0) is 13.7. The molecule has 0 amide bonds. The number of nitrogens with one attached hydrogen (secondary N) is 1. The highest BCUT2D eigenvalue weighted by Gasteiger charge is 2.34. The van der Waals surface area contributed by atoms with Gasteiger partial charge in [-0.2, -0.15) is 5.10 Å². The van der Waals surface area contributed by atoms with Crippen molar-refractivity contribution in [2.75, 3.05) is 20.3 Å². The molecule has 1 heterocycles. The first kappa shape index (κ1) is 14.4. The van der Waals surface area contributed by atoms with Gasteiger partial charge < -0.3 is 9.47 Å². The maximum Gasteiger partial charge on any atom is 0.319 e. The lowest BCUT2D eigenvalue weighted by molar-refractivity contribution is -0.147. The van der Waals surface area contributed by atoms with Crippen LogP contribution in [0.25, 0.3) is 0 Å². The Balaban J connectivity index is 2.87. The van der Waals surface area contributed by atoms with Gasteiger partial charge in [-0.15, -0.1) is 0 Å². The molecule has 0 aromatic heterocycles. The second-order valence-electron chi connectivity index (χ2n) is 4.05. The molecule has 1 aliphatic heterocycles. The molecule has 0 bridgehead atoms. The van der Waals surface area contributed by atoms with E-state index in [1.54, 1.807) is 13.8 Å². The molecule has 1 unspecified atom stereocenters. The lowest BCUT2D eigenvalue weighted by Gasteiger charge is -2.23. The predicted octanol–water partition coefficient (Wildman–Crippen LogP) is 0.634. The van der Waals surface area contributed by atoms with Gasteiger partial charge in [-0.1, -0.05) is 0 Å². The summed E-state index contributed by atoms with van der Waals surface area (Å²) in [7, 11) is 1.52. The molecule has 0 aromatic rings. The van der Waals surface area contributed by atoms with Crippen LogP contribution in [0.5, 0.6) is 0 Å². The average Bonchev–Trinajstić information content (AvgIpc) is 2.31. The van der Waals surface area contributed by atoms with E-state index >= 15 is 0 Å². The summed E-state index contributed by atoms with van der Waals surface area (Å²) < 4.78 is 9.87. The summed E-state index contributed by atoms with van der Waals surface area (Å²) in [5.41, 5.74) is 4.24. The summed E-state index contributed by atoms with van der Waals surface area (Å²) in [6.45, 7) is 5.31. The van der Waals surface area contributed by atoms with E-state index < -0.39 is 11.9 Å². The van der Waals surface area contributed by atoms with Gasteiger partial charge in [0.2, 0.25) is 0 Å². The molecule has 0 saturated heterocycles. The highest BCUT2D eigenvalue weighted by Crippen LogP contribution is 2.22. The summed E-state index contributed by atoms with van der Waals surface area (Å²) in [4.78, 5) is 23.6. The second kappa shape index (κ2) is 6.30. The molecule has 1 aliphatic rings. The first-order chi connectivity index (χ1) is 8.49. The quantitative estimate of drug-likeness (QED) is 0.575. The minimum Gasteiger partial charge on any atom is -0.462 e. The van der Waals surface area contributed by atoms with Crippen LogP contribution in [-0.2, 0) is 19.1 Å². The van der Waals surface area contributed by atoms with Crippen molar-refractivity contribution in [3.8, 4) is 0 Å². The maximum absolute atomic E-state index is 12.0. The monoisotopic (exact) mass is 254 g/mol. The minimum absolute atomic E-state index is 0.163. The van der Waals surface area contributed by atoms with Crippen LogP contribution in [0.2, 0.25) is 0 Å². The Kier molecular flexibility index (Phi) is 5.03. The van der Waals surface area contributed by atoms with Crippen molar-refractivity contribution < 1.29 is 19.1 Å². The number of allylic oxidation sites excluding steroid dienone is 1. The van der Waals surface area contributed by atoms with Gasteiger partial charge in [-0.3, -0.25) is 15.0 Å². The Morgan fingerprint density at radius 1 is 1.33 bits per heavy atom. The van der Waals surface area contributed by atoms with E-state index in [2.05, 4.69) is 10.5 Å². The Bertz CT molecular complexity index is 412. The number of carbonyl (C=O) groups is 2. The number of nitrogens with zero attached hydrogens (tertiary/aromatic N) is 1. The number of hydrazone groups is 1. The normalized spacial score (nSPS) is 19.1. The Labute approximate surface area is 106 Å². The standard InChI is InChI=1S/C12H18N2O4/c1-7-10(9(3)15)11(8(2)14-13-7)12(16)18-6-5-17-4/h11,13H,5-6H2,1-4H3. The molecule has 0 fully saturated rings. The highest BCUT2D eigenvalue weighted by molar-refractivity contribution is 6.13. The average molecular weight is 254 g/mol. The van der Waals surface area contributed by atoms with E-state index in [0.717, 1.165) is 0 Å². The van der Waals surface area contributed by atoms with Crippen molar-refractivity contribution >= 4 is 17.5 Å². The molecule has 1 rings (SSSR count). The number of methoxy groups -OCH3 is 1. The summed E-state index contributed by atoms with van der Waals surface area (Å²) in [6.07, 6.45) is 0. The molecule has 100 valence electrons. The molecule has 18 heavy (non-hydrogen) atoms. The first-order valence-electron chi connectivity index (χ1n) is 5.66. The van der Waals surface area contributed by atoms with Gasteiger partial charge in [0.15, 0.2) is 5.78 Å². The van der Waals surface area contributed by atoms with Crippen molar-refractivity contribution in [1.29, 1.82) is 0 Å². The fraction of sp³-hybridized carbons (Fsp3) is 0.583. The summed E-state index contributed by atoms with van der Waals surface area (Å²) in [5.74, 6) is -1.36. The fourth-order valence-corrected chi connectivity index (χ4v) is 1.79. The zero-order valence-corrected chi connectivity index (χ0v) is 11.1. The van der Waals surface area contributed by atoms with Crippen LogP contribution in [-0.4, -0.2) is 37.8 Å². The molecule has 0 radical (unpaired) electrons. The Hall–Kier alpha value is -1.69. The van der Waals surface area contributed by atoms with Crippen LogP contribution in [0.4, 0.5) is 0 Å². The van der Waals surface area contributed by atoms with Gasteiger partial charge in [0.05, 0.1) is 12.3 Å². The number of hydrogen-bond donors (Lipinski definition) is 1. The van der Waals surface area contributed by atoms with E-state index in [-0.39, 0.29) is 12.4 Å². The maximum atomic E-state index is 12.0. The van der Waals surface area contributed by atoms with E-state index in [1.165, 1.54) is 14.0 Å². The van der Waals surface area contributed by atoms with Crippen molar-refractivity contribution in [2.45, 2.75) is 20.8 Å². The second-order valence-corrected chi connectivity index (χ2v) is 4.05. The van der Waals surface area contributed by atoms with Crippen molar-refractivity contribution in [3.05, 3.63) is 11.3 Å². The Morgan fingerprint density at radius 3 is 2.56 bits per heavy atom. The minimum atomic E-state index is -0.722. The van der Waals surface area contributed by atoms with E-state index in [9.17, 15) is 9.59 Å². The topological polar surface area (TPSA) is 77.0 Å². The van der Waals surface area contributed by atoms with E-state index in [4.69, 9.17) is 9.47 Å². The number of rotatable bonds is 5. The smallest absolute Gasteiger partial charge is 0.319 e. The van der Waals surface area contributed by atoms with Gasteiger partial charge in [0.1, 0.15) is 12.5 Å². The van der Waals surface area contributed by atoms with Crippen LogP contribution in [0.1, 0.15) is 20.8 Å². The third-order valence-electron chi connectivity index (χ3n) is 2.66. The van der Waals surface area contributed by atoms with Crippen molar-refractivity contribution in [2.24, 2.45) is 11.0 Å². The summed E-state index contributed by atoms with van der Waals surface area (Å²) in [6, 6.07) is 0. The Morgan fingerprint density at radius 2 is 2.00 bits per heavy atom. The fourth-order valence-electron chi connectivity index (χ4n) is 1.79. The van der Waals surface area contributed by atoms with E-state index in [0.29, 0.717) is 23.6 Å². The van der Waals surface area contributed by atoms with Crippen LogP contribution in [0.15, 0.2) is 16.4 Å². The van der Waals surface area contributed by atoms with Crippen LogP contribution in [0.3, 0.4) is 0 Å². The summed E-state index contributed by atoms with van der Waals surface area (Å²) in [5, 5.41) is 4.00. The number of Topliss-reactive ketones (excluding diaryl/α,β-unsaturated/α-hetero) is 1. The molecule has 0 aliphatic carbocycles. The molecule has 0 saturated carbocycles. The lowest BCUT2D eigenvalue weighted by Crippen LogP contribution is -2.35. The third-order valence-corrected chi connectivity index (χ3v) is 2.66. The molecule has 6 nitrogen and oxygen atoms in total. The molecule has 1 atom stereocenters. The molecule has 6 heteroatoms. The van der Waals surface area contributed by atoms with Crippen LogP contribution < -0.4 is 5.43 Å².